The van der Waals surface area contributed by atoms with Crippen molar-refractivity contribution in [2.24, 2.45) is 5.92 Å². The van der Waals surface area contributed by atoms with E-state index in [9.17, 15) is 22.8 Å². The number of piperidine rings is 2. The van der Waals surface area contributed by atoms with Crippen LogP contribution in [-0.4, -0.2) is 59.3 Å². The third kappa shape index (κ3) is 4.49. The van der Waals surface area contributed by atoms with Gasteiger partial charge in [-0.1, -0.05) is 18.2 Å². The Labute approximate surface area is 180 Å². The summed E-state index contributed by atoms with van der Waals surface area (Å²) in [7, 11) is -3.64. The van der Waals surface area contributed by atoms with Crippen LogP contribution in [0.15, 0.2) is 57.1 Å². The van der Waals surface area contributed by atoms with Crippen LogP contribution in [-0.2, 0) is 14.8 Å². The predicted molar refractivity (Wildman–Crippen MR) is 114 cm³/mol. The van der Waals surface area contributed by atoms with Crippen LogP contribution >= 0.6 is 0 Å². The second kappa shape index (κ2) is 8.80. The summed E-state index contributed by atoms with van der Waals surface area (Å²) in [6.07, 6.45) is 4.20. The fourth-order valence-corrected chi connectivity index (χ4v) is 6.00. The minimum atomic E-state index is -3.64. The number of sulfonamides is 1. The quantitative estimate of drug-likeness (QED) is 0.747. The molecule has 1 N–H and O–H groups in total. The lowest BCUT2D eigenvalue weighted by Crippen LogP contribution is -2.50. The third-order valence-corrected chi connectivity index (χ3v) is 7.95. The van der Waals surface area contributed by atoms with E-state index in [-0.39, 0.29) is 23.4 Å². The summed E-state index contributed by atoms with van der Waals surface area (Å²) in [6, 6.07) is 9.36. The zero-order chi connectivity index (χ0) is 22.0. The highest BCUT2D eigenvalue weighted by molar-refractivity contribution is 7.89. The molecule has 2 fully saturated rings. The second-order valence-corrected chi connectivity index (χ2v) is 10.1. The van der Waals surface area contributed by atoms with E-state index < -0.39 is 27.2 Å². The molecule has 2 atom stereocenters. The van der Waals surface area contributed by atoms with Crippen LogP contribution in [0.4, 0.5) is 0 Å². The van der Waals surface area contributed by atoms with E-state index in [0.29, 0.717) is 32.5 Å². The van der Waals surface area contributed by atoms with Crippen LogP contribution in [0.2, 0.25) is 0 Å². The lowest BCUT2D eigenvalue weighted by molar-refractivity contribution is -0.138. The predicted octanol–water partition coefficient (Wildman–Crippen LogP) is 0.801. The van der Waals surface area contributed by atoms with Gasteiger partial charge in [0, 0.05) is 38.4 Å². The van der Waals surface area contributed by atoms with Crippen molar-refractivity contribution >= 4 is 15.9 Å². The summed E-state index contributed by atoms with van der Waals surface area (Å²) >= 11 is 0. The Morgan fingerprint density at radius 3 is 2.45 bits per heavy atom. The van der Waals surface area contributed by atoms with Crippen LogP contribution in [0.3, 0.4) is 0 Å². The fourth-order valence-electron chi connectivity index (χ4n) is 4.46. The number of hydrogen-bond donors (Lipinski definition) is 1. The Kier molecular flexibility index (Phi) is 6.10. The molecule has 0 bridgehead atoms. The van der Waals surface area contributed by atoms with Gasteiger partial charge >= 0.3 is 5.69 Å². The van der Waals surface area contributed by atoms with Crippen molar-refractivity contribution in [1.82, 2.24) is 18.8 Å². The number of likely N-dealkylation sites (tertiary alicyclic amines) is 1. The van der Waals surface area contributed by atoms with Gasteiger partial charge in [-0.25, -0.2) is 13.2 Å². The number of H-pyrrole nitrogens is 1. The molecule has 0 saturated carbocycles. The van der Waals surface area contributed by atoms with Gasteiger partial charge in [0.05, 0.1) is 16.9 Å². The van der Waals surface area contributed by atoms with Crippen molar-refractivity contribution in [3.8, 4) is 0 Å². The van der Waals surface area contributed by atoms with Crippen molar-refractivity contribution < 1.29 is 13.2 Å². The largest absolute Gasteiger partial charge is 0.340 e. The highest BCUT2D eigenvalue weighted by atomic mass is 32.2. The molecule has 2 aromatic rings. The molecule has 1 amide bonds. The molecule has 9 nitrogen and oxygen atoms in total. The summed E-state index contributed by atoms with van der Waals surface area (Å²) in [5.74, 6) is -0.478. The van der Waals surface area contributed by atoms with Crippen molar-refractivity contribution in [2.45, 2.75) is 36.6 Å². The Morgan fingerprint density at radius 2 is 1.71 bits per heavy atom. The average molecular weight is 447 g/mol. The van der Waals surface area contributed by atoms with Crippen molar-refractivity contribution in [3.05, 3.63) is 63.4 Å². The number of carbonyl (C=O) groups excluding carboxylic acids is 1. The number of rotatable bonds is 4. The molecule has 2 aliphatic rings. The van der Waals surface area contributed by atoms with E-state index in [0.717, 1.165) is 12.8 Å². The van der Waals surface area contributed by atoms with Crippen LogP contribution in [0.5, 0.6) is 0 Å². The Bertz CT molecular complexity index is 1160. The Morgan fingerprint density at radius 1 is 0.968 bits per heavy atom. The SMILES string of the molecule is O=C(C1CCCN(S(=O)(=O)c2ccccc2)C1)N1CCCC(n2ccc(=O)[nH]c2=O)C1. The number of carbonyl (C=O) groups is 1. The summed E-state index contributed by atoms with van der Waals surface area (Å²) in [6.45, 7) is 1.51. The van der Waals surface area contributed by atoms with E-state index in [1.807, 2.05) is 0 Å². The first-order chi connectivity index (χ1) is 14.9. The van der Waals surface area contributed by atoms with Crippen molar-refractivity contribution in [2.75, 3.05) is 26.2 Å². The molecule has 0 aliphatic carbocycles. The lowest BCUT2D eigenvalue weighted by Gasteiger charge is -2.38. The molecule has 31 heavy (non-hydrogen) atoms. The Balaban J connectivity index is 1.47. The normalized spacial score (nSPS) is 22.9. The van der Waals surface area contributed by atoms with Gasteiger partial charge in [0.15, 0.2) is 0 Å². The summed E-state index contributed by atoms with van der Waals surface area (Å²) < 4.78 is 28.8. The van der Waals surface area contributed by atoms with Gasteiger partial charge in [0.1, 0.15) is 0 Å². The number of aromatic amines is 1. The van der Waals surface area contributed by atoms with E-state index >= 15 is 0 Å². The summed E-state index contributed by atoms with van der Waals surface area (Å²) in [5.41, 5.74) is -0.934. The van der Waals surface area contributed by atoms with Gasteiger partial charge in [-0.3, -0.25) is 19.1 Å². The lowest BCUT2D eigenvalue weighted by atomic mass is 9.96. The maximum atomic E-state index is 13.2. The van der Waals surface area contributed by atoms with Gasteiger partial charge < -0.3 is 4.90 Å². The van der Waals surface area contributed by atoms with Gasteiger partial charge in [-0.2, -0.15) is 4.31 Å². The summed E-state index contributed by atoms with van der Waals surface area (Å²) in [4.78, 5) is 40.9. The summed E-state index contributed by atoms with van der Waals surface area (Å²) in [5, 5.41) is 0. The zero-order valence-electron chi connectivity index (χ0n) is 17.1. The monoisotopic (exact) mass is 446 g/mol. The number of nitrogens with one attached hydrogen (secondary N) is 1. The first kappa shape index (κ1) is 21.5. The van der Waals surface area contributed by atoms with Crippen LogP contribution in [0, 0.1) is 5.92 Å². The smallest absolute Gasteiger partial charge is 0.328 e. The van der Waals surface area contributed by atoms with Crippen molar-refractivity contribution in [1.29, 1.82) is 0 Å². The molecule has 2 unspecified atom stereocenters. The minimum Gasteiger partial charge on any atom is -0.340 e. The first-order valence-corrected chi connectivity index (χ1v) is 12.0. The molecule has 1 aromatic heterocycles. The van der Waals surface area contributed by atoms with Gasteiger partial charge in [0.25, 0.3) is 5.56 Å². The van der Waals surface area contributed by atoms with Crippen LogP contribution in [0.25, 0.3) is 0 Å². The maximum absolute atomic E-state index is 13.2. The number of hydrogen-bond acceptors (Lipinski definition) is 5. The maximum Gasteiger partial charge on any atom is 0.328 e. The van der Waals surface area contributed by atoms with E-state index in [1.54, 1.807) is 35.2 Å². The molecule has 166 valence electrons. The molecule has 1 aromatic carbocycles. The topological polar surface area (TPSA) is 113 Å². The second-order valence-electron chi connectivity index (χ2n) is 8.11. The van der Waals surface area contributed by atoms with E-state index in [1.165, 1.54) is 21.1 Å². The highest BCUT2D eigenvalue weighted by Gasteiger charge is 2.36. The standard InChI is InChI=1S/C21H26N4O5S/c26-19-10-13-25(21(28)22-19)17-7-5-11-23(15-17)20(27)16-6-4-12-24(14-16)31(29,30)18-8-2-1-3-9-18/h1-3,8-10,13,16-17H,4-7,11-12,14-15H2,(H,22,26,28). The number of aromatic nitrogens is 2. The molecule has 2 saturated heterocycles. The molecule has 0 spiro atoms. The van der Waals surface area contributed by atoms with Gasteiger partial charge in [-0.15, -0.1) is 0 Å². The average Bonchev–Trinajstić information content (AvgIpc) is 2.79. The van der Waals surface area contributed by atoms with Gasteiger partial charge in [0.2, 0.25) is 15.9 Å². The first-order valence-electron chi connectivity index (χ1n) is 10.5. The minimum absolute atomic E-state index is 0.0739. The molecular weight excluding hydrogens is 420 g/mol. The molecule has 4 rings (SSSR count). The van der Waals surface area contributed by atoms with Crippen LogP contribution in [0.1, 0.15) is 31.7 Å². The molecule has 3 heterocycles. The van der Waals surface area contributed by atoms with Crippen LogP contribution < -0.4 is 11.2 Å². The molecule has 10 heteroatoms. The van der Waals surface area contributed by atoms with E-state index in [4.69, 9.17) is 0 Å². The number of amides is 1. The third-order valence-electron chi connectivity index (χ3n) is 6.07. The fraction of sp³-hybridized carbons (Fsp3) is 0.476. The molecular formula is C21H26N4O5S. The highest BCUT2D eigenvalue weighted by Crippen LogP contribution is 2.27. The van der Waals surface area contributed by atoms with Gasteiger partial charge in [-0.05, 0) is 37.8 Å². The van der Waals surface area contributed by atoms with Crippen molar-refractivity contribution in [3.63, 3.8) is 0 Å². The van der Waals surface area contributed by atoms with E-state index in [2.05, 4.69) is 4.98 Å². The zero-order valence-corrected chi connectivity index (χ0v) is 18.0. The number of benzene rings is 1. The number of nitrogens with zero attached hydrogens (tertiary/aromatic N) is 3. The Hall–Kier alpha value is -2.72. The molecule has 2 aliphatic heterocycles. The molecule has 0 radical (unpaired) electrons.